The molecule has 3 aromatic rings. The molecule has 0 bridgehead atoms. The van der Waals surface area contributed by atoms with E-state index in [4.69, 9.17) is 11.6 Å². The Hall–Kier alpha value is -2.33. The molecule has 1 aliphatic rings. The molecular weight excluding hydrogens is 456 g/mol. The molecule has 31 heavy (non-hydrogen) atoms. The van der Waals surface area contributed by atoms with E-state index in [9.17, 15) is 13.2 Å². The van der Waals surface area contributed by atoms with Gasteiger partial charge in [0.1, 0.15) is 5.01 Å². The zero-order chi connectivity index (χ0) is 22.0. The van der Waals surface area contributed by atoms with E-state index in [-0.39, 0.29) is 21.7 Å². The molecule has 1 saturated heterocycles. The molecule has 1 amide bonds. The summed E-state index contributed by atoms with van der Waals surface area (Å²) in [4.78, 5) is 12.7. The van der Waals surface area contributed by atoms with Crippen LogP contribution in [-0.4, -0.2) is 41.9 Å². The monoisotopic (exact) mass is 476 g/mol. The van der Waals surface area contributed by atoms with Crippen molar-refractivity contribution in [1.82, 2.24) is 14.5 Å². The van der Waals surface area contributed by atoms with Crippen molar-refractivity contribution >= 4 is 44.6 Å². The number of rotatable bonds is 5. The second kappa shape index (κ2) is 9.04. The Morgan fingerprint density at radius 1 is 1.13 bits per heavy atom. The first kappa shape index (κ1) is 21.9. The number of carbonyl (C=O) groups excluding carboxylic acids is 1. The van der Waals surface area contributed by atoms with E-state index in [2.05, 4.69) is 15.5 Å². The van der Waals surface area contributed by atoms with E-state index in [1.165, 1.54) is 27.8 Å². The van der Waals surface area contributed by atoms with Crippen molar-refractivity contribution < 1.29 is 13.2 Å². The number of nitrogens with zero attached hydrogens (tertiary/aromatic N) is 3. The summed E-state index contributed by atoms with van der Waals surface area (Å²) in [5.74, 6) is -0.427. The topological polar surface area (TPSA) is 92.3 Å². The van der Waals surface area contributed by atoms with Gasteiger partial charge in [0.25, 0.3) is 5.91 Å². The number of aryl methyl sites for hydroxylation is 1. The maximum absolute atomic E-state index is 13.0. The van der Waals surface area contributed by atoms with Gasteiger partial charge in [-0.3, -0.25) is 4.79 Å². The lowest BCUT2D eigenvalue weighted by Gasteiger charge is -2.30. The number of halogens is 1. The molecule has 0 saturated carbocycles. The number of benzene rings is 2. The fourth-order valence-corrected chi connectivity index (χ4v) is 5.94. The van der Waals surface area contributed by atoms with Crippen molar-refractivity contribution in [3.8, 4) is 0 Å². The van der Waals surface area contributed by atoms with Gasteiger partial charge in [0.15, 0.2) is 0 Å². The third-order valence-electron chi connectivity index (χ3n) is 5.13. The minimum atomic E-state index is -3.62. The Kier molecular flexibility index (Phi) is 6.38. The molecule has 2 heterocycles. The average molecular weight is 477 g/mol. The van der Waals surface area contributed by atoms with E-state index in [0.29, 0.717) is 35.2 Å². The summed E-state index contributed by atoms with van der Waals surface area (Å²) in [6, 6.07) is 13.7. The molecule has 1 N–H and O–H groups in total. The van der Waals surface area contributed by atoms with Crippen LogP contribution in [0.2, 0.25) is 5.02 Å². The molecule has 0 aliphatic carbocycles. The summed E-state index contributed by atoms with van der Waals surface area (Å²) in [6.07, 6.45) is 1.50. The molecule has 4 rings (SSSR count). The fourth-order valence-electron chi connectivity index (χ4n) is 3.43. The maximum Gasteiger partial charge on any atom is 0.286 e. The molecule has 10 heteroatoms. The SMILES string of the molecule is Cc1ccc(NC(=O)c2nnc(C3CCCN(S(=O)(=O)c4ccc(Cl)cc4)C3)s2)cc1. The van der Waals surface area contributed by atoms with Crippen LogP contribution < -0.4 is 5.32 Å². The predicted molar refractivity (Wildman–Crippen MR) is 121 cm³/mol. The average Bonchev–Trinajstić information content (AvgIpc) is 3.26. The van der Waals surface area contributed by atoms with E-state index >= 15 is 0 Å². The number of amides is 1. The minimum absolute atomic E-state index is 0.103. The van der Waals surface area contributed by atoms with Gasteiger partial charge in [-0.15, -0.1) is 10.2 Å². The number of piperidine rings is 1. The standard InChI is InChI=1S/C21H21ClN4O3S2/c1-14-4-8-17(9-5-14)23-19(27)21-25-24-20(30-21)15-3-2-12-26(13-15)31(28,29)18-10-6-16(22)7-11-18/h4-11,15H,2-3,12-13H2,1H3,(H,23,27). The van der Waals surface area contributed by atoms with Crippen LogP contribution in [0.25, 0.3) is 0 Å². The van der Waals surface area contributed by atoms with Crippen molar-refractivity contribution in [2.45, 2.75) is 30.6 Å². The number of nitrogens with one attached hydrogen (secondary N) is 1. The van der Waals surface area contributed by atoms with Crippen LogP contribution in [0.1, 0.15) is 39.1 Å². The van der Waals surface area contributed by atoms with Crippen molar-refractivity contribution in [2.24, 2.45) is 0 Å². The Balaban J connectivity index is 1.46. The summed E-state index contributed by atoms with van der Waals surface area (Å²) < 4.78 is 27.5. The van der Waals surface area contributed by atoms with Crippen LogP contribution in [0.3, 0.4) is 0 Å². The Bertz CT molecular complexity index is 1180. The molecule has 1 fully saturated rings. The van der Waals surface area contributed by atoms with Gasteiger partial charge < -0.3 is 5.32 Å². The number of sulfonamides is 1. The summed E-state index contributed by atoms with van der Waals surface area (Å²) in [7, 11) is -3.62. The van der Waals surface area contributed by atoms with Gasteiger partial charge in [-0.1, -0.05) is 40.6 Å². The molecule has 1 unspecified atom stereocenters. The normalized spacial score (nSPS) is 17.4. The molecule has 1 aliphatic heterocycles. The zero-order valence-electron chi connectivity index (χ0n) is 16.8. The molecular formula is C21H21ClN4O3S2. The summed E-state index contributed by atoms with van der Waals surface area (Å²) in [6.45, 7) is 2.73. The van der Waals surface area contributed by atoms with Gasteiger partial charge in [-0.05, 0) is 56.2 Å². The first-order valence-electron chi connectivity index (χ1n) is 9.80. The first-order valence-corrected chi connectivity index (χ1v) is 12.4. The van der Waals surface area contributed by atoms with Crippen LogP contribution in [0.4, 0.5) is 5.69 Å². The van der Waals surface area contributed by atoms with E-state index in [0.717, 1.165) is 12.0 Å². The molecule has 0 spiro atoms. The summed E-state index contributed by atoms with van der Waals surface area (Å²) in [5, 5.41) is 12.4. The van der Waals surface area contributed by atoms with Crippen LogP contribution in [0.15, 0.2) is 53.4 Å². The molecule has 7 nitrogen and oxygen atoms in total. The van der Waals surface area contributed by atoms with Gasteiger partial charge >= 0.3 is 0 Å². The molecule has 2 aromatic carbocycles. The lowest BCUT2D eigenvalue weighted by atomic mass is 10.0. The molecule has 162 valence electrons. The first-order chi connectivity index (χ1) is 14.8. The lowest BCUT2D eigenvalue weighted by Crippen LogP contribution is -2.39. The number of carbonyl (C=O) groups is 1. The maximum atomic E-state index is 13.0. The highest BCUT2D eigenvalue weighted by molar-refractivity contribution is 7.89. The largest absolute Gasteiger partial charge is 0.320 e. The highest BCUT2D eigenvalue weighted by Gasteiger charge is 2.32. The smallest absolute Gasteiger partial charge is 0.286 e. The minimum Gasteiger partial charge on any atom is -0.320 e. The van der Waals surface area contributed by atoms with E-state index < -0.39 is 10.0 Å². The van der Waals surface area contributed by atoms with Crippen LogP contribution >= 0.6 is 22.9 Å². The van der Waals surface area contributed by atoms with Gasteiger partial charge in [-0.2, -0.15) is 4.31 Å². The van der Waals surface area contributed by atoms with Crippen LogP contribution in [0.5, 0.6) is 0 Å². The summed E-state index contributed by atoms with van der Waals surface area (Å²) in [5.41, 5.74) is 1.79. The second-order valence-corrected chi connectivity index (χ2v) is 10.8. The highest BCUT2D eigenvalue weighted by atomic mass is 35.5. The van der Waals surface area contributed by atoms with Crippen LogP contribution in [0, 0.1) is 6.92 Å². The Labute approximate surface area is 190 Å². The molecule has 1 atom stereocenters. The van der Waals surface area contributed by atoms with Gasteiger partial charge in [0.05, 0.1) is 4.90 Å². The summed E-state index contributed by atoms with van der Waals surface area (Å²) >= 11 is 7.09. The third-order valence-corrected chi connectivity index (χ3v) is 8.34. The lowest BCUT2D eigenvalue weighted by molar-refractivity contribution is 0.102. The zero-order valence-corrected chi connectivity index (χ0v) is 19.2. The fraction of sp³-hybridized carbons (Fsp3) is 0.286. The third kappa shape index (κ3) is 4.95. The quantitative estimate of drug-likeness (QED) is 0.592. The van der Waals surface area contributed by atoms with Crippen molar-refractivity contribution in [2.75, 3.05) is 18.4 Å². The van der Waals surface area contributed by atoms with E-state index in [1.807, 2.05) is 31.2 Å². The van der Waals surface area contributed by atoms with Gasteiger partial charge in [-0.25, -0.2) is 8.42 Å². The van der Waals surface area contributed by atoms with Crippen molar-refractivity contribution in [3.05, 3.63) is 69.1 Å². The van der Waals surface area contributed by atoms with E-state index in [1.54, 1.807) is 12.1 Å². The molecule has 0 radical (unpaired) electrons. The van der Waals surface area contributed by atoms with Crippen molar-refractivity contribution in [1.29, 1.82) is 0 Å². The van der Waals surface area contributed by atoms with Crippen molar-refractivity contribution in [3.63, 3.8) is 0 Å². The highest BCUT2D eigenvalue weighted by Crippen LogP contribution is 2.32. The predicted octanol–water partition coefficient (Wildman–Crippen LogP) is 4.32. The molecule has 1 aromatic heterocycles. The van der Waals surface area contributed by atoms with Crippen LogP contribution in [-0.2, 0) is 10.0 Å². The number of aromatic nitrogens is 2. The Morgan fingerprint density at radius 3 is 2.55 bits per heavy atom. The second-order valence-electron chi connectivity index (χ2n) is 7.42. The van der Waals surface area contributed by atoms with Gasteiger partial charge in [0, 0.05) is 29.7 Å². The number of anilines is 1. The van der Waals surface area contributed by atoms with Gasteiger partial charge in [0.2, 0.25) is 15.0 Å². The Morgan fingerprint density at radius 2 is 1.84 bits per heavy atom. The number of hydrogen-bond donors (Lipinski definition) is 1. The number of hydrogen-bond acceptors (Lipinski definition) is 6.